The van der Waals surface area contributed by atoms with Crippen LogP contribution in [-0.4, -0.2) is 68.4 Å². The van der Waals surface area contributed by atoms with Gasteiger partial charge in [-0.05, 0) is 31.5 Å². The molecule has 3 rings (SSSR count). The summed E-state index contributed by atoms with van der Waals surface area (Å²) >= 11 is 1.75. The number of thiazole rings is 1. The zero-order valence-corrected chi connectivity index (χ0v) is 21.6. The standard InChI is InChI=1S/C22H33N5O2S.HI/c1-3-23-22(24-8-7-21-25-16-18(2)30-21)26-17-19-5-4-6-20(15-19)29-14-11-27-9-12-28-13-10-27;/h4-6,15-16H,3,7-14,17H2,1-2H3,(H2,23,24,26);1H. The van der Waals surface area contributed by atoms with Crippen LogP contribution in [0.15, 0.2) is 35.5 Å². The van der Waals surface area contributed by atoms with Gasteiger partial charge in [-0.3, -0.25) is 4.90 Å². The summed E-state index contributed by atoms with van der Waals surface area (Å²) < 4.78 is 11.3. The first-order valence-electron chi connectivity index (χ1n) is 10.7. The maximum Gasteiger partial charge on any atom is 0.191 e. The Morgan fingerprint density at radius 2 is 2.13 bits per heavy atom. The van der Waals surface area contributed by atoms with E-state index >= 15 is 0 Å². The molecular weight excluding hydrogens is 525 g/mol. The van der Waals surface area contributed by atoms with Crippen molar-refractivity contribution in [1.29, 1.82) is 0 Å². The van der Waals surface area contributed by atoms with Gasteiger partial charge >= 0.3 is 0 Å². The molecule has 1 aliphatic heterocycles. The van der Waals surface area contributed by atoms with E-state index in [1.54, 1.807) is 11.3 Å². The second kappa shape index (κ2) is 14.6. The fourth-order valence-electron chi connectivity index (χ4n) is 3.17. The number of hydrogen-bond acceptors (Lipinski definition) is 6. The fourth-order valence-corrected chi connectivity index (χ4v) is 3.95. The molecule has 0 saturated carbocycles. The molecule has 0 amide bonds. The Labute approximate surface area is 206 Å². The number of aromatic nitrogens is 1. The van der Waals surface area contributed by atoms with Crippen molar-refractivity contribution >= 4 is 41.3 Å². The molecule has 9 heteroatoms. The van der Waals surface area contributed by atoms with Crippen molar-refractivity contribution in [2.75, 3.05) is 52.5 Å². The second-order valence-corrected chi connectivity index (χ2v) is 8.51. The number of nitrogens with one attached hydrogen (secondary N) is 2. The van der Waals surface area contributed by atoms with E-state index < -0.39 is 0 Å². The molecule has 0 bridgehead atoms. The molecule has 2 aromatic rings. The van der Waals surface area contributed by atoms with Gasteiger partial charge in [0.1, 0.15) is 12.4 Å². The zero-order valence-electron chi connectivity index (χ0n) is 18.4. The van der Waals surface area contributed by atoms with Gasteiger partial charge in [0.2, 0.25) is 0 Å². The summed E-state index contributed by atoms with van der Waals surface area (Å²) in [5, 5.41) is 7.85. The molecule has 1 saturated heterocycles. The molecule has 0 radical (unpaired) electrons. The van der Waals surface area contributed by atoms with Gasteiger partial charge in [-0.2, -0.15) is 0 Å². The smallest absolute Gasteiger partial charge is 0.191 e. The number of morpholine rings is 1. The third kappa shape index (κ3) is 9.71. The Bertz CT molecular complexity index is 796. The maximum atomic E-state index is 5.95. The van der Waals surface area contributed by atoms with E-state index in [-0.39, 0.29) is 24.0 Å². The number of guanidine groups is 1. The predicted octanol–water partition coefficient (Wildman–Crippen LogP) is 3.08. The minimum absolute atomic E-state index is 0. The SMILES string of the molecule is CCNC(=NCc1cccc(OCCN2CCOCC2)c1)NCCc1ncc(C)s1.I. The van der Waals surface area contributed by atoms with Gasteiger partial charge in [-0.15, -0.1) is 35.3 Å². The molecule has 7 nitrogen and oxygen atoms in total. The topological polar surface area (TPSA) is 71.0 Å². The van der Waals surface area contributed by atoms with Crippen LogP contribution in [0.4, 0.5) is 0 Å². The monoisotopic (exact) mass is 559 g/mol. The van der Waals surface area contributed by atoms with Crippen LogP contribution in [0.1, 0.15) is 22.4 Å². The van der Waals surface area contributed by atoms with E-state index in [4.69, 9.17) is 14.5 Å². The van der Waals surface area contributed by atoms with Crippen molar-refractivity contribution in [1.82, 2.24) is 20.5 Å². The lowest BCUT2D eigenvalue weighted by atomic mass is 10.2. The number of aryl methyl sites for hydroxylation is 1. The summed E-state index contributed by atoms with van der Waals surface area (Å²) in [4.78, 5) is 12.7. The van der Waals surface area contributed by atoms with Crippen LogP contribution in [0, 0.1) is 6.92 Å². The molecule has 0 atom stereocenters. The normalized spacial score (nSPS) is 14.7. The van der Waals surface area contributed by atoms with Crippen molar-refractivity contribution in [2.24, 2.45) is 4.99 Å². The highest BCUT2D eigenvalue weighted by atomic mass is 127. The van der Waals surface area contributed by atoms with Gasteiger partial charge in [0.15, 0.2) is 5.96 Å². The molecule has 0 spiro atoms. The van der Waals surface area contributed by atoms with Crippen LogP contribution in [0.2, 0.25) is 0 Å². The first kappa shape index (κ1) is 25.8. The highest BCUT2D eigenvalue weighted by Gasteiger charge is 2.09. The third-order valence-corrected chi connectivity index (χ3v) is 5.72. The second-order valence-electron chi connectivity index (χ2n) is 7.19. The largest absolute Gasteiger partial charge is 0.492 e. The Kier molecular flexibility index (Phi) is 12.2. The average Bonchev–Trinajstić information content (AvgIpc) is 3.18. The van der Waals surface area contributed by atoms with Crippen molar-refractivity contribution in [3.8, 4) is 5.75 Å². The summed E-state index contributed by atoms with van der Waals surface area (Å²) in [5.41, 5.74) is 1.13. The van der Waals surface area contributed by atoms with Crippen LogP contribution in [0.3, 0.4) is 0 Å². The van der Waals surface area contributed by atoms with Crippen molar-refractivity contribution in [2.45, 2.75) is 26.8 Å². The van der Waals surface area contributed by atoms with Crippen LogP contribution in [0.5, 0.6) is 5.75 Å². The van der Waals surface area contributed by atoms with Crippen LogP contribution < -0.4 is 15.4 Å². The lowest BCUT2D eigenvalue weighted by molar-refractivity contribution is 0.0322. The van der Waals surface area contributed by atoms with Gasteiger partial charge in [-0.25, -0.2) is 9.98 Å². The number of halogens is 1. The van der Waals surface area contributed by atoms with Crippen LogP contribution >= 0.6 is 35.3 Å². The predicted molar refractivity (Wildman–Crippen MR) is 138 cm³/mol. The van der Waals surface area contributed by atoms with Gasteiger partial charge in [-0.1, -0.05) is 12.1 Å². The number of hydrogen-bond donors (Lipinski definition) is 2. The number of nitrogens with zero attached hydrogens (tertiary/aromatic N) is 3. The quantitative estimate of drug-likeness (QED) is 0.265. The molecule has 0 aliphatic carbocycles. The Hall–Kier alpha value is -1.43. The van der Waals surface area contributed by atoms with Crippen molar-refractivity contribution in [3.63, 3.8) is 0 Å². The third-order valence-electron chi connectivity index (χ3n) is 4.74. The van der Waals surface area contributed by atoms with E-state index in [1.165, 1.54) is 4.88 Å². The first-order chi connectivity index (χ1) is 14.7. The molecule has 2 heterocycles. The van der Waals surface area contributed by atoms with E-state index in [0.29, 0.717) is 13.2 Å². The lowest BCUT2D eigenvalue weighted by Gasteiger charge is -2.26. The summed E-state index contributed by atoms with van der Waals surface area (Å²) in [6.07, 6.45) is 2.82. The lowest BCUT2D eigenvalue weighted by Crippen LogP contribution is -2.38. The minimum Gasteiger partial charge on any atom is -0.492 e. The van der Waals surface area contributed by atoms with Crippen molar-refractivity contribution in [3.05, 3.63) is 45.9 Å². The van der Waals surface area contributed by atoms with Gasteiger partial charge in [0.05, 0.1) is 24.8 Å². The molecular formula is C22H34IN5O2S. The molecule has 31 heavy (non-hydrogen) atoms. The number of ether oxygens (including phenoxy) is 2. The highest BCUT2D eigenvalue weighted by Crippen LogP contribution is 2.14. The number of rotatable bonds is 10. The van der Waals surface area contributed by atoms with Crippen molar-refractivity contribution < 1.29 is 9.47 Å². The molecule has 1 aliphatic rings. The van der Waals surface area contributed by atoms with E-state index in [9.17, 15) is 0 Å². The summed E-state index contributed by atoms with van der Waals surface area (Å²) in [6.45, 7) is 11.6. The first-order valence-corrected chi connectivity index (χ1v) is 11.5. The van der Waals surface area contributed by atoms with E-state index in [2.05, 4.69) is 46.5 Å². The summed E-state index contributed by atoms with van der Waals surface area (Å²) in [7, 11) is 0. The van der Waals surface area contributed by atoms with E-state index in [0.717, 1.165) is 74.6 Å². The van der Waals surface area contributed by atoms with Gasteiger partial charge in [0, 0.05) is 50.2 Å². The molecule has 1 aromatic heterocycles. The molecule has 2 N–H and O–H groups in total. The van der Waals surface area contributed by atoms with Gasteiger partial charge < -0.3 is 20.1 Å². The summed E-state index contributed by atoms with van der Waals surface area (Å²) in [6, 6.07) is 8.19. The summed E-state index contributed by atoms with van der Waals surface area (Å²) in [5.74, 6) is 1.72. The number of aliphatic imine (C=N–C) groups is 1. The Morgan fingerprint density at radius 1 is 1.29 bits per heavy atom. The minimum atomic E-state index is 0. The number of benzene rings is 1. The van der Waals surface area contributed by atoms with E-state index in [1.807, 2.05) is 18.3 Å². The highest BCUT2D eigenvalue weighted by molar-refractivity contribution is 14.0. The maximum absolute atomic E-state index is 5.95. The van der Waals surface area contributed by atoms with Crippen LogP contribution in [0.25, 0.3) is 0 Å². The van der Waals surface area contributed by atoms with Gasteiger partial charge in [0.25, 0.3) is 0 Å². The Balaban J connectivity index is 0.00000341. The molecule has 172 valence electrons. The van der Waals surface area contributed by atoms with Crippen LogP contribution in [-0.2, 0) is 17.7 Å². The molecule has 0 unspecified atom stereocenters. The molecule has 1 aromatic carbocycles. The fraction of sp³-hybridized carbons (Fsp3) is 0.545. The average molecular weight is 560 g/mol. The molecule has 1 fully saturated rings. The zero-order chi connectivity index (χ0) is 21.0. The Morgan fingerprint density at radius 3 is 2.87 bits per heavy atom.